The summed E-state index contributed by atoms with van der Waals surface area (Å²) in [6.45, 7) is -0.686. The molecule has 15 N–H and O–H groups in total. The molecule has 0 radical (unpaired) electrons. The molecule has 9 aromatic rings. The van der Waals surface area contributed by atoms with Crippen LogP contribution < -0.4 is 31.8 Å². The van der Waals surface area contributed by atoms with Crippen molar-refractivity contribution in [2.75, 3.05) is 30.5 Å². The molecule has 3 fully saturated rings. The van der Waals surface area contributed by atoms with Gasteiger partial charge in [-0.05, 0) is 155 Å². The number of aliphatic hydroxyl groups is 5. The molecule has 107 heavy (non-hydrogen) atoms. The Morgan fingerprint density at radius 2 is 1.07 bits per heavy atom. The number of pyridine rings is 1. The lowest BCUT2D eigenvalue weighted by Gasteiger charge is -2.15. The predicted molar refractivity (Wildman–Crippen MR) is 404 cm³/mol. The minimum absolute atomic E-state index is 0.0333. The van der Waals surface area contributed by atoms with Gasteiger partial charge in [-0.2, -0.15) is 25.3 Å². The third-order valence-corrected chi connectivity index (χ3v) is 23.7. The molecule has 0 bridgehead atoms. The monoisotopic (exact) mass is 1800 g/mol. The highest BCUT2D eigenvalue weighted by Gasteiger charge is 2.38. The van der Waals surface area contributed by atoms with Crippen molar-refractivity contribution in [2.24, 2.45) is 44.8 Å². The third kappa shape index (κ3) is 22.9. The van der Waals surface area contributed by atoms with E-state index in [0.29, 0.717) is 112 Å². The van der Waals surface area contributed by atoms with Gasteiger partial charge >= 0.3 is 30.9 Å². The quantitative estimate of drug-likeness (QED) is 0.0173. The lowest BCUT2D eigenvalue weighted by atomic mass is 9.96. The molecule has 0 saturated heterocycles. The molecule has 0 spiro atoms. The summed E-state index contributed by atoms with van der Waals surface area (Å²) in [5.41, 5.74) is 10.6. The second kappa shape index (κ2) is 36.6. The maximum atomic E-state index is 14.2. The van der Waals surface area contributed by atoms with E-state index in [1.807, 2.05) is 24.3 Å². The molecule has 30 nitrogen and oxygen atoms in total. The average Bonchev–Trinajstić information content (AvgIpc) is 1.68. The number of aliphatic hydroxyl groups excluding tert-OH is 5. The first kappa shape index (κ1) is 83.1. The Labute approximate surface area is 655 Å². The smallest absolute Gasteiger partial charge is 0.333 e. The fraction of sp³-hybridized carbons (Fsp3) is 0.333. The minimum Gasteiger partial charge on any atom is -0.393 e. The van der Waals surface area contributed by atoms with Gasteiger partial charge in [0.1, 0.15) is 53.2 Å². The number of rotatable bonds is 27. The number of nitrogens with two attached hydrogens (primary N) is 4. The number of hydrogen-bond acceptors (Lipinski definition) is 30. The Hall–Kier alpha value is -6.43. The van der Waals surface area contributed by atoms with Gasteiger partial charge in [-0.1, -0.05) is 61.7 Å². The summed E-state index contributed by atoms with van der Waals surface area (Å²) in [7, 11) is -12.3. The van der Waals surface area contributed by atoms with E-state index in [9.17, 15) is 69.6 Å². The van der Waals surface area contributed by atoms with E-state index >= 15 is 0 Å². The SMILES string of the molecule is NC(c1cccc(Br)n1)c1cc(C(=O)c2cncnc2C[C@@H]2C[C@H](COS(N)(=O)=O)[C@@H](O)C2)sc1Cl.NS(=O)(=O)OC[C@H]1C[C@@H](Nc2ncncc2C(=O)c2cc(C(O)c3cc(Br)ccc3F)cs2)C[C@@H]1O.NS(=O)(=O)OC[C@H]1C[C@@H](Nc2ncncc2C(=O)c2cc(C(O)c3cccc(Br)c3)cs2)C[C@@H]1O. The number of hydrogen-bond donors (Lipinski definition) is 11. The van der Waals surface area contributed by atoms with Crippen LogP contribution in [0.5, 0.6) is 0 Å². The molecule has 7 aromatic heterocycles. The summed E-state index contributed by atoms with van der Waals surface area (Å²) in [4.78, 5) is 70.0. The number of nitrogens with zero attached hydrogens (tertiary/aromatic N) is 7. The van der Waals surface area contributed by atoms with Crippen LogP contribution in [0.25, 0.3) is 0 Å². The third-order valence-electron chi connectivity index (χ3n) is 17.6. The number of halogens is 5. The van der Waals surface area contributed by atoms with Crippen LogP contribution in [-0.4, -0.2) is 153 Å². The topological polar surface area (TPSA) is 501 Å². The summed E-state index contributed by atoms with van der Waals surface area (Å²) < 4.78 is 96.9. The summed E-state index contributed by atoms with van der Waals surface area (Å²) >= 11 is 19.9. The maximum absolute atomic E-state index is 14.2. The largest absolute Gasteiger partial charge is 0.393 e. The number of anilines is 2. The summed E-state index contributed by atoms with van der Waals surface area (Å²) in [5, 5.41) is 76.5. The van der Waals surface area contributed by atoms with E-state index < -0.39 is 90.9 Å². The van der Waals surface area contributed by atoms with Crippen molar-refractivity contribution < 1.29 is 82.1 Å². The van der Waals surface area contributed by atoms with Gasteiger partial charge < -0.3 is 41.9 Å². The van der Waals surface area contributed by atoms with Gasteiger partial charge in [0.2, 0.25) is 17.3 Å². The molecular weight excluding hydrogens is 1730 g/mol. The van der Waals surface area contributed by atoms with E-state index in [2.05, 4.69) is 106 Å². The van der Waals surface area contributed by atoms with Crippen molar-refractivity contribution in [1.29, 1.82) is 0 Å². The van der Waals surface area contributed by atoms with Crippen molar-refractivity contribution in [2.45, 2.75) is 93.6 Å². The lowest BCUT2D eigenvalue weighted by Crippen LogP contribution is -2.24. The maximum Gasteiger partial charge on any atom is 0.333 e. The van der Waals surface area contributed by atoms with Crippen LogP contribution >= 0.6 is 93.4 Å². The zero-order valence-corrected chi connectivity index (χ0v) is 66.0. The summed E-state index contributed by atoms with van der Waals surface area (Å²) in [6.07, 6.45) is 6.33. The molecule has 12 atom stereocenters. The number of carbonyl (C=O) groups is 3. The predicted octanol–water partition coefficient (Wildman–Crippen LogP) is 7.69. The average molecular weight is 1800 g/mol. The van der Waals surface area contributed by atoms with Crippen molar-refractivity contribution in [1.82, 2.24) is 34.9 Å². The van der Waals surface area contributed by atoms with Crippen LogP contribution in [-0.2, 0) is 49.9 Å². The molecule has 0 aliphatic heterocycles. The van der Waals surface area contributed by atoms with E-state index in [-0.39, 0.29) is 84.2 Å². The lowest BCUT2D eigenvalue weighted by molar-refractivity contribution is 0.0998. The van der Waals surface area contributed by atoms with Crippen LogP contribution in [0.2, 0.25) is 4.34 Å². The van der Waals surface area contributed by atoms with E-state index in [1.165, 1.54) is 73.2 Å². The Morgan fingerprint density at radius 3 is 1.60 bits per heavy atom. The Morgan fingerprint density at radius 1 is 0.579 bits per heavy atom. The first-order valence-corrected chi connectivity index (χ1v) is 41.9. The highest BCUT2D eigenvalue weighted by atomic mass is 79.9. The van der Waals surface area contributed by atoms with E-state index in [1.54, 1.807) is 41.1 Å². The molecular formula is C66H68Br3ClFN13O17S6. The Bertz CT molecular complexity index is 5040. The van der Waals surface area contributed by atoms with Crippen LogP contribution in [0, 0.1) is 29.5 Å². The van der Waals surface area contributed by atoms with Gasteiger partial charge in [0.05, 0.1) is 91.2 Å². The minimum atomic E-state index is -4.12. The van der Waals surface area contributed by atoms with E-state index in [0.717, 1.165) is 27.1 Å². The van der Waals surface area contributed by atoms with E-state index in [4.69, 9.17) is 32.8 Å². The molecule has 2 aromatic carbocycles. The van der Waals surface area contributed by atoms with Crippen LogP contribution in [0.15, 0.2) is 141 Å². The van der Waals surface area contributed by atoms with Gasteiger partial charge in [0.15, 0.2) is 0 Å². The number of ketones is 3. The summed E-state index contributed by atoms with van der Waals surface area (Å²) in [6, 6.07) is 20.6. The van der Waals surface area contributed by atoms with Gasteiger partial charge in [-0.3, -0.25) is 26.9 Å². The molecule has 3 aliphatic rings. The van der Waals surface area contributed by atoms with Crippen molar-refractivity contribution in [3.63, 3.8) is 0 Å². The number of benzene rings is 2. The Balaban J connectivity index is 0.000000172. The fourth-order valence-corrected chi connectivity index (χ4v) is 17.7. The number of nitrogens with one attached hydrogen (secondary N) is 2. The zero-order valence-electron chi connectivity index (χ0n) is 55.5. The number of aromatic nitrogens is 7. The van der Waals surface area contributed by atoms with Crippen molar-refractivity contribution >= 4 is 153 Å². The molecule has 3 aliphatic carbocycles. The van der Waals surface area contributed by atoms with Gasteiger partial charge in [0.25, 0.3) is 0 Å². The molecule has 7 heterocycles. The highest BCUT2D eigenvalue weighted by molar-refractivity contribution is 9.11. The van der Waals surface area contributed by atoms with Crippen LogP contribution in [0.1, 0.15) is 142 Å². The van der Waals surface area contributed by atoms with Gasteiger partial charge in [-0.15, -0.1) is 34.0 Å². The fourth-order valence-electron chi connectivity index (χ4n) is 12.4. The number of thiophene rings is 3. The Kier molecular flexibility index (Phi) is 28.4. The summed E-state index contributed by atoms with van der Waals surface area (Å²) in [5.74, 6) is -2.35. The highest BCUT2D eigenvalue weighted by Crippen LogP contribution is 2.40. The molecule has 12 rings (SSSR count). The van der Waals surface area contributed by atoms with Gasteiger partial charge in [-0.25, -0.2) is 54.7 Å². The van der Waals surface area contributed by atoms with Gasteiger partial charge in [0, 0.05) is 68.5 Å². The second-order valence-electron chi connectivity index (χ2n) is 25.1. The second-order valence-corrected chi connectivity index (χ2v) is 34.9. The molecule has 3 saturated carbocycles. The van der Waals surface area contributed by atoms with Crippen LogP contribution in [0.3, 0.4) is 0 Å². The van der Waals surface area contributed by atoms with Crippen molar-refractivity contribution in [3.8, 4) is 0 Å². The molecule has 41 heteroatoms. The molecule has 570 valence electrons. The number of carbonyl (C=O) groups excluding carboxylic acids is 3. The molecule has 3 unspecified atom stereocenters. The normalized spacial score (nSPS) is 21.0. The van der Waals surface area contributed by atoms with Crippen molar-refractivity contribution in [3.05, 3.63) is 221 Å². The zero-order chi connectivity index (χ0) is 77.2. The molecule has 0 amide bonds. The first-order valence-electron chi connectivity index (χ1n) is 32.2. The standard InChI is InChI=1S/C22H23BrClN5O5S2.C22H22BrFN4O6S2.C22H23BrN4O6S2/c23-19-3-1-2-15(29-19)20(25)13-7-18(35-22(13)24)21(31)14-8-27-10-28-16(14)5-11-4-12(17(30)6-11)9-34-36(26,32)33;23-13-1-2-17(24)15(5-13)20(30)12-4-19(35-9-12)21(31)16-7-26-10-27-22(16)28-14-3-11(18(29)6-14)8-34-36(25,32)33;23-15-3-1-2-12(4-15)20(29)14-6-19(34-10-14)21(30)17-8-25-11-26-22(17)27-16-5-13(18(28)7-16)9-33-35(24,31)32/h1-3,7-8,10-12,17,20,30H,4-6,9,25H2,(H2,26,32,33);1-2,4-5,7,9-11,14,18,20,29-30H,3,6,8H2,(H2,25,32,33)(H,26,27,28);1-4,6,8,10-11,13,16,18,20,28-29H,5,7,9H2,(H2,24,31,32)(H,25,26,27)/t11-,12+,17-,20?;11-,14-,18+,20?;13-,16-,18+,20?/m011/s1. The first-order chi connectivity index (χ1) is 50.6. The van der Waals surface area contributed by atoms with Crippen LogP contribution in [0.4, 0.5) is 16.0 Å².